The van der Waals surface area contributed by atoms with Gasteiger partial charge in [-0.1, -0.05) is 18.2 Å². The van der Waals surface area contributed by atoms with Gasteiger partial charge in [0.15, 0.2) is 5.75 Å². The minimum Gasteiger partial charge on any atom is -0.489 e. The van der Waals surface area contributed by atoms with Crippen LogP contribution < -0.4 is 10.1 Å². The fourth-order valence-corrected chi connectivity index (χ4v) is 2.20. The van der Waals surface area contributed by atoms with Crippen LogP contribution >= 0.6 is 0 Å². The number of benzene rings is 1. The fraction of sp³-hybridized carbons (Fsp3) is 0.357. The molecule has 0 saturated carbocycles. The average molecular weight is 243 g/mol. The van der Waals surface area contributed by atoms with Crippen molar-refractivity contribution < 1.29 is 4.74 Å². The molecule has 1 aliphatic rings. The number of ether oxygens (including phenoxy) is 1. The predicted octanol–water partition coefficient (Wildman–Crippen LogP) is 2.00. The van der Waals surface area contributed by atoms with Crippen LogP contribution in [-0.2, 0) is 0 Å². The van der Waals surface area contributed by atoms with E-state index in [1.54, 1.807) is 6.20 Å². The molecule has 0 radical (unpaired) electrons. The van der Waals surface area contributed by atoms with Crippen LogP contribution in [0.3, 0.4) is 0 Å². The van der Waals surface area contributed by atoms with Crippen LogP contribution in [0.1, 0.15) is 12.8 Å². The quantitative estimate of drug-likeness (QED) is 0.892. The first-order chi connectivity index (χ1) is 8.92. The smallest absolute Gasteiger partial charge is 0.157 e. The Morgan fingerprint density at radius 1 is 1.33 bits per heavy atom. The van der Waals surface area contributed by atoms with Crippen LogP contribution in [0.4, 0.5) is 0 Å². The first kappa shape index (κ1) is 11.3. The molecule has 1 N–H and O–H groups in total. The first-order valence-corrected chi connectivity index (χ1v) is 6.38. The molecule has 0 spiro atoms. The predicted molar refractivity (Wildman–Crippen MR) is 70.1 cm³/mol. The molecule has 4 heteroatoms. The van der Waals surface area contributed by atoms with Gasteiger partial charge in [-0.3, -0.25) is 0 Å². The lowest BCUT2D eigenvalue weighted by molar-refractivity contribution is 0.277. The third-order valence-corrected chi connectivity index (χ3v) is 3.19. The zero-order valence-electron chi connectivity index (χ0n) is 10.2. The molecule has 1 aromatic heterocycles. The normalized spacial score (nSPS) is 19.0. The van der Waals surface area contributed by atoms with E-state index >= 15 is 0 Å². The molecule has 1 unspecified atom stereocenters. The minimum absolute atomic E-state index is 0.491. The Balaban J connectivity index is 1.63. The summed E-state index contributed by atoms with van der Waals surface area (Å²) in [5.74, 6) is 0.826. The third-order valence-electron chi connectivity index (χ3n) is 3.19. The van der Waals surface area contributed by atoms with Crippen LogP contribution in [0.5, 0.6) is 5.75 Å². The molecule has 18 heavy (non-hydrogen) atoms. The summed E-state index contributed by atoms with van der Waals surface area (Å²) in [7, 11) is 0. The van der Waals surface area contributed by atoms with Crippen molar-refractivity contribution in [3.05, 3.63) is 42.7 Å². The first-order valence-electron chi connectivity index (χ1n) is 6.38. The Hall–Kier alpha value is -1.81. The van der Waals surface area contributed by atoms with Gasteiger partial charge >= 0.3 is 0 Å². The van der Waals surface area contributed by atoms with Crippen molar-refractivity contribution in [2.24, 2.45) is 0 Å². The molecule has 0 aliphatic carbocycles. The summed E-state index contributed by atoms with van der Waals surface area (Å²) < 4.78 is 7.58. The van der Waals surface area contributed by atoms with Gasteiger partial charge in [-0.2, -0.15) is 5.10 Å². The zero-order valence-corrected chi connectivity index (χ0v) is 10.2. The van der Waals surface area contributed by atoms with E-state index < -0.39 is 0 Å². The molecule has 1 saturated heterocycles. The highest BCUT2D eigenvalue weighted by atomic mass is 16.5. The van der Waals surface area contributed by atoms with Crippen LogP contribution in [-0.4, -0.2) is 29.0 Å². The second-order valence-electron chi connectivity index (χ2n) is 4.56. The highest BCUT2D eigenvalue weighted by molar-refractivity contribution is 5.32. The summed E-state index contributed by atoms with van der Waals surface area (Å²) >= 11 is 0. The van der Waals surface area contributed by atoms with E-state index in [1.165, 1.54) is 12.8 Å². The molecule has 1 aliphatic heterocycles. The van der Waals surface area contributed by atoms with Crippen molar-refractivity contribution in [3.63, 3.8) is 0 Å². The Bertz CT molecular complexity index is 489. The van der Waals surface area contributed by atoms with Crippen molar-refractivity contribution in [2.75, 3.05) is 13.2 Å². The maximum Gasteiger partial charge on any atom is 0.157 e. The molecule has 94 valence electrons. The number of hydrogen-bond donors (Lipinski definition) is 1. The summed E-state index contributed by atoms with van der Waals surface area (Å²) in [6.07, 6.45) is 6.14. The molecular formula is C14H17N3O. The molecule has 2 heterocycles. The fourth-order valence-electron chi connectivity index (χ4n) is 2.20. The van der Waals surface area contributed by atoms with Crippen molar-refractivity contribution in [1.82, 2.24) is 15.1 Å². The van der Waals surface area contributed by atoms with Crippen LogP contribution in [0.15, 0.2) is 42.7 Å². The van der Waals surface area contributed by atoms with Gasteiger partial charge in [-0.25, -0.2) is 4.68 Å². The monoisotopic (exact) mass is 243 g/mol. The van der Waals surface area contributed by atoms with Crippen LogP contribution in [0, 0.1) is 0 Å². The molecule has 1 aromatic carbocycles. The number of nitrogens with one attached hydrogen (secondary N) is 1. The van der Waals surface area contributed by atoms with E-state index in [0.29, 0.717) is 6.04 Å². The summed E-state index contributed by atoms with van der Waals surface area (Å²) in [6, 6.07) is 10.5. The van der Waals surface area contributed by atoms with E-state index in [1.807, 2.05) is 41.2 Å². The molecule has 1 fully saturated rings. The SMILES string of the molecule is c1ccc(-n2cc(OCC3CCCN3)cn2)cc1. The number of para-hydroxylation sites is 1. The standard InChI is InChI=1S/C14H17N3O/c1-2-6-13(7-3-1)17-10-14(9-16-17)18-11-12-5-4-8-15-12/h1-3,6-7,9-10,12,15H,4-5,8,11H2. The molecule has 0 bridgehead atoms. The van der Waals surface area contributed by atoms with Crippen molar-refractivity contribution in [1.29, 1.82) is 0 Å². The van der Waals surface area contributed by atoms with Gasteiger partial charge in [0.2, 0.25) is 0 Å². The number of hydrogen-bond acceptors (Lipinski definition) is 3. The Morgan fingerprint density at radius 3 is 3.00 bits per heavy atom. The number of aromatic nitrogens is 2. The molecule has 3 rings (SSSR count). The van der Waals surface area contributed by atoms with Gasteiger partial charge in [0.05, 0.1) is 18.1 Å². The lowest BCUT2D eigenvalue weighted by atomic mass is 10.2. The molecule has 0 amide bonds. The summed E-state index contributed by atoms with van der Waals surface area (Å²) in [5, 5.41) is 7.72. The summed E-state index contributed by atoms with van der Waals surface area (Å²) in [4.78, 5) is 0. The highest BCUT2D eigenvalue weighted by Crippen LogP contribution is 2.14. The van der Waals surface area contributed by atoms with E-state index in [9.17, 15) is 0 Å². The van der Waals surface area contributed by atoms with E-state index in [0.717, 1.165) is 24.6 Å². The minimum atomic E-state index is 0.491. The third kappa shape index (κ3) is 2.54. The Labute approximate surface area is 107 Å². The van der Waals surface area contributed by atoms with E-state index in [2.05, 4.69) is 10.4 Å². The van der Waals surface area contributed by atoms with Gasteiger partial charge < -0.3 is 10.1 Å². The van der Waals surface area contributed by atoms with E-state index in [-0.39, 0.29) is 0 Å². The Morgan fingerprint density at radius 2 is 2.22 bits per heavy atom. The van der Waals surface area contributed by atoms with Gasteiger partial charge in [0, 0.05) is 6.04 Å². The number of rotatable bonds is 4. The Kier molecular flexibility index (Phi) is 3.28. The second kappa shape index (κ2) is 5.23. The highest BCUT2D eigenvalue weighted by Gasteiger charge is 2.14. The van der Waals surface area contributed by atoms with Crippen LogP contribution in [0.2, 0.25) is 0 Å². The number of nitrogens with zero attached hydrogens (tertiary/aromatic N) is 2. The topological polar surface area (TPSA) is 39.1 Å². The molecular weight excluding hydrogens is 226 g/mol. The van der Waals surface area contributed by atoms with E-state index in [4.69, 9.17) is 4.74 Å². The van der Waals surface area contributed by atoms with Gasteiger partial charge in [-0.15, -0.1) is 0 Å². The second-order valence-corrected chi connectivity index (χ2v) is 4.56. The van der Waals surface area contributed by atoms with Gasteiger partial charge in [-0.05, 0) is 31.5 Å². The van der Waals surface area contributed by atoms with Gasteiger partial charge in [0.1, 0.15) is 6.61 Å². The lowest BCUT2D eigenvalue weighted by Crippen LogP contribution is -2.28. The lowest BCUT2D eigenvalue weighted by Gasteiger charge is -2.09. The molecule has 4 nitrogen and oxygen atoms in total. The average Bonchev–Trinajstić information content (AvgIpc) is 3.09. The van der Waals surface area contributed by atoms with Crippen molar-refractivity contribution in [3.8, 4) is 11.4 Å². The molecule has 2 aromatic rings. The zero-order chi connectivity index (χ0) is 12.2. The van der Waals surface area contributed by atoms with Crippen molar-refractivity contribution in [2.45, 2.75) is 18.9 Å². The largest absolute Gasteiger partial charge is 0.489 e. The summed E-state index contributed by atoms with van der Waals surface area (Å²) in [5.41, 5.74) is 1.05. The van der Waals surface area contributed by atoms with Gasteiger partial charge in [0.25, 0.3) is 0 Å². The summed E-state index contributed by atoms with van der Waals surface area (Å²) in [6.45, 7) is 1.83. The maximum absolute atomic E-state index is 5.75. The maximum atomic E-state index is 5.75. The van der Waals surface area contributed by atoms with Crippen molar-refractivity contribution >= 4 is 0 Å². The van der Waals surface area contributed by atoms with Crippen LogP contribution in [0.25, 0.3) is 5.69 Å². The molecule has 1 atom stereocenters.